The molecular weight excluding hydrogens is 282 g/mol. The van der Waals surface area contributed by atoms with Gasteiger partial charge in [0.05, 0.1) is 12.2 Å². The molecule has 118 valence electrons. The SMILES string of the molecule is CSc1ccccc1NC(=O)CN(C)CCC(N)C(C)C. The largest absolute Gasteiger partial charge is 0.327 e. The van der Waals surface area contributed by atoms with Crippen LogP contribution in [0.1, 0.15) is 20.3 Å². The third kappa shape index (κ3) is 6.50. The quantitative estimate of drug-likeness (QED) is 0.725. The van der Waals surface area contributed by atoms with E-state index in [-0.39, 0.29) is 11.9 Å². The van der Waals surface area contributed by atoms with Gasteiger partial charge in [-0.3, -0.25) is 9.69 Å². The molecule has 0 aliphatic rings. The minimum atomic E-state index is 0.0112. The predicted octanol–water partition coefficient (Wildman–Crippen LogP) is 2.65. The molecule has 0 aliphatic heterocycles. The van der Waals surface area contributed by atoms with E-state index in [1.807, 2.05) is 42.5 Å². The van der Waals surface area contributed by atoms with Crippen LogP contribution >= 0.6 is 11.8 Å². The van der Waals surface area contributed by atoms with Crippen molar-refractivity contribution in [1.29, 1.82) is 0 Å². The number of carbonyl (C=O) groups is 1. The summed E-state index contributed by atoms with van der Waals surface area (Å²) in [5.41, 5.74) is 6.90. The van der Waals surface area contributed by atoms with Gasteiger partial charge in [0.2, 0.25) is 5.91 Å². The molecule has 0 heterocycles. The van der Waals surface area contributed by atoms with Crippen molar-refractivity contribution >= 4 is 23.4 Å². The molecule has 1 aromatic carbocycles. The van der Waals surface area contributed by atoms with Crippen LogP contribution in [0.3, 0.4) is 0 Å². The van der Waals surface area contributed by atoms with E-state index in [1.54, 1.807) is 11.8 Å². The molecule has 1 rings (SSSR count). The summed E-state index contributed by atoms with van der Waals surface area (Å²) in [4.78, 5) is 15.2. The molecule has 5 heteroatoms. The van der Waals surface area contributed by atoms with E-state index in [1.165, 1.54) is 0 Å². The van der Waals surface area contributed by atoms with E-state index >= 15 is 0 Å². The van der Waals surface area contributed by atoms with Crippen LogP contribution in [0.15, 0.2) is 29.2 Å². The van der Waals surface area contributed by atoms with Crippen molar-refractivity contribution in [1.82, 2.24) is 4.90 Å². The Kier molecular flexibility index (Phi) is 7.78. The van der Waals surface area contributed by atoms with Gasteiger partial charge in [-0.2, -0.15) is 0 Å². The third-order valence-electron chi connectivity index (χ3n) is 3.50. The number of thioether (sulfide) groups is 1. The summed E-state index contributed by atoms with van der Waals surface area (Å²) in [6.07, 6.45) is 2.91. The Balaban J connectivity index is 2.42. The molecule has 0 aromatic heterocycles. The first-order valence-electron chi connectivity index (χ1n) is 7.31. The molecule has 0 radical (unpaired) electrons. The Hall–Kier alpha value is -1.04. The number of nitrogens with one attached hydrogen (secondary N) is 1. The molecule has 4 nitrogen and oxygen atoms in total. The van der Waals surface area contributed by atoms with Gasteiger partial charge in [-0.25, -0.2) is 0 Å². The van der Waals surface area contributed by atoms with Crippen LogP contribution in [0.25, 0.3) is 0 Å². The van der Waals surface area contributed by atoms with Crippen LogP contribution < -0.4 is 11.1 Å². The number of amides is 1. The van der Waals surface area contributed by atoms with Crippen molar-refractivity contribution in [3.63, 3.8) is 0 Å². The van der Waals surface area contributed by atoms with Crippen LogP contribution in [0.2, 0.25) is 0 Å². The Morgan fingerprint density at radius 1 is 1.38 bits per heavy atom. The lowest BCUT2D eigenvalue weighted by Crippen LogP contribution is -2.35. The van der Waals surface area contributed by atoms with Gasteiger partial charge in [0.1, 0.15) is 0 Å². The first-order chi connectivity index (χ1) is 9.93. The second kappa shape index (κ2) is 9.07. The first kappa shape index (κ1) is 18.0. The molecule has 1 aromatic rings. The molecular formula is C16H27N3OS. The van der Waals surface area contributed by atoms with Crippen molar-refractivity contribution in [2.24, 2.45) is 11.7 Å². The zero-order valence-electron chi connectivity index (χ0n) is 13.4. The van der Waals surface area contributed by atoms with E-state index in [2.05, 4.69) is 19.2 Å². The summed E-state index contributed by atoms with van der Waals surface area (Å²) < 4.78 is 0. The first-order valence-corrected chi connectivity index (χ1v) is 8.53. The number of hydrogen-bond donors (Lipinski definition) is 2. The van der Waals surface area contributed by atoms with Crippen LogP contribution in [0, 0.1) is 5.92 Å². The maximum atomic E-state index is 12.1. The highest BCUT2D eigenvalue weighted by atomic mass is 32.2. The Bertz CT molecular complexity index is 451. The zero-order chi connectivity index (χ0) is 15.8. The van der Waals surface area contributed by atoms with E-state index in [4.69, 9.17) is 5.73 Å². The summed E-state index contributed by atoms with van der Waals surface area (Å²) in [5, 5.41) is 2.97. The van der Waals surface area contributed by atoms with Gasteiger partial charge in [-0.1, -0.05) is 26.0 Å². The second-order valence-electron chi connectivity index (χ2n) is 5.68. The fourth-order valence-corrected chi connectivity index (χ4v) is 2.52. The molecule has 0 saturated heterocycles. The molecule has 1 unspecified atom stereocenters. The minimum Gasteiger partial charge on any atom is -0.327 e. The molecule has 0 aliphatic carbocycles. The lowest BCUT2D eigenvalue weighted by atomic mass is 10.0. The van der Waals surface area contributed by atoms with E-state index in [0.717, 1.165) is 23.5 Å². The average molecular weight is 309 g/mol. The number of benzene rings is 1. The van der Waals surface area contributed by atoms with Crippen molar-refractivity contribution < 1.29 is 4.79 Å². The fourth-order valence-electron chi connectivity index (χ4n) is 1.96. The molecule has 1 atom stereocenters. The summed E-state index contributed by atoms with van der Waals surface area (Å²) >= 11 is 1.63. The highest BCUT2D eigenvalue weighted by Gasteiger charge is 2.12. The number of para-hydroxylation sites is 1. The summed E-state index contributed by atoms with van der Waals surface area (Å²) in [6, 6.07) is 8.03. The second-order valence-corrected chi connectivity index (χ2v) is 6.53. The highest BCUT2D eigenvalue weighted by Crippen LogP contribution is 2.24. The summed E-state index contributed by atoms with van der Waals surface area (Å²) in [7, 11) is 1.95. The molecule has 0 saturated carbocycles. The van der Waals surface area contributed by atoms with Crippen LogP contribution in [-0.4, -0.2) is 43.2 Å². The summed E-state index contributed by atoms with van der Waals surface area (Å²) in [6.45, 7) is 5.46. The molecule has 21 heavy (non-hydrogen) atoms. The van der Waals surface area contributed by atoms with Crippen LogP contribution in [0.5, 0.6) is 0 Å². The molecule has 3 N–H and O–H groups in total. The molecule has 0 spiro atoms. The molecule has 1 amide bonds. The normalized spacial score (nSPS) is 12.7. The van der Waals surface area contributed by atoms with Crippen molar-refractivity contribution in [3.05, 3.63) is 24.3 Å². The van der Waals surface area contributed by atoms with Crippen molar-refractivity contribution in [3.8, 4) is 0 Å². The maximum absolute atomic E-state index is 12.1. The number of rotatable bonds is 8. The number of carbonyl (C=O) groups excluding carboxylic acids is 1. The number of hydrogen-bond acceptors (Lipinski definition) is 4. The van der Waals surface area contributed by atoms with Crippen LogP contribution in [-0.2, 0) is 4.79 Å². The third-order valence-corrected chi connectivity index (χ3v) is 4.29. The summed E-state index contributed by atoms with van der Waals surface area (Å²) in [5.74, 6) is 0.484. The average Bonchev–Trinajstić information content (AvgIpc) is 2.45. The van der Waals surface area contributed by atoms with E-state index < -0.39 is 0 Å². The zero-order valence-corrected chi connectivity index (χ0v) is 14.2. The monoisotopic (exact) mass is 309 g/mol. The maximum Gasteiger partial charge on any atom is 0.238 e. The van der Waals surface area contributed by atoms with Crippen LogP contribution in [0.4, 0.5) is 5.69 Å². The lowest BCUT2D eigenvalue weighted by Gasteiger charge is -2.21. The molecule has 0 fully saturated rings. The van der Waals surface area contributed by atoms with Gasteiger partial charge in [0.25, 0.3) is 0 Å². The topological polar surface area (TPSA) is 58.4 Å². The van der Waals surface area contributed by atoms with Gasteiger partial charge < -0.3 is 11.1 Å². The standard InChI is InChI=1S/C16H27N3OS/c1-12(2)13(17)9-10-19(3)11-16(20)18-14-7-5-6-8-15(14)21-4/h5-8,12-13H,9-11,17H2,1-4H3,(H,18,20). The highest BCUT2D eigenvalue weighted by molar-refractivity contribution is 7.98. The van der Waals surface area contributed by atoms with E-state index in [0.29, 0.717) is 12.5 Å². The van der Waals surface area contributed by atoms with Crippen molar-refractivity contribution in [2.75, 3.05) is 31.7 Å². The Morgan fingerprint density at radius 2 is 2.05 bits per heavy atom. The smallest absolute Gasteiger partial charge is 0.238 e. The lowest BCUT2D eigenvalue weighted by molar-refractivity contribution is -0.117. The minimum absolute atomic E-state index is 0.0112. The van der Waals surface area contributed by atoms with Crippen molar-refractivity contribution in [2.45, 2.75) is 31.2 Å². The molecule has 0 bridgehead atoms. The number of nitrogens with zero attached hydrogens (tertiary/aromatic N) is 1. The van der Waals surface area contributed by atoms with Gasteiger partial charge in [-0.15, -0.1) is 11.8 Å². The number of anilines is 1. The fraction of sp³-hybridized carbons (Fsp3) is 0.562. The number of likely N-dealkylation sites (N-methyl/N-ethyl adjacent to an activating group) is 1. The van der Waals surface area contributed by atoms with E-state index in [9.17, 15) is 4.79 Å². The van der Waals surface area contributed by atoms with Gasteiger partial charge in [0.15, 0.2) is 0 Å². The predicted molar refractivity (Wildman–Crippen MR) is 91.8 cm³/mol. The van der Waals surface area contributed by atoms with Gasteiger partial charge in [-0.05, 0) is 44.3 Å². The van der Waals surface area contributed by atoms with Gasteiger partial charge >= 0.3 is 0 Å². The Labute approximate surface area is 132 Å². The number of nitrogens with two attached hydrogens (primary N) is 1. The Morgan fingerprint density at radius 3 is 2.67 bits per heavy atom. The van der Waals surface area contributed by atoms with Gasteiger partial charge in [0, 0.05) is 10.9 Å².